The first-order valence-electron chi connectivity index (χ1n) is 5.28. The van der Waals surface area contributed by atoms with E-state index in [1.54, 1.807) is 0 Å². The zero-order valence-corrected chi connectivity index (χ0v) is 11.6. The molecule has 88 valence electrons. The number of aromatic nitrogens is 1. The van der Waals surface area contributed by atoms with E-state index >= 15 is 0 Å². The van der Waals surface area contributed by atoms with Crippen LogP contribution in [0.15, 0.2) is 41.0 Å². The molecular weight excluding hydrogens is 302 g/mol. The quantitative estimate of drug-likeness (QED) is 0.756. The minimum absolute atomic E-state index is 0.559. The molecule has 17 heavy (non-hydrogen) atoms. The predicted molar refractivity (Wildman–Crippen MR) is 72.8 cm³/mol. The summed E-state index contributed by atoms with van der Waals surface area (Å²) in [5.74, 6) is 1.31. The van der Waals surface area contributed by atoms with Gasteiger partial charge in [-0.1, -0.05) is 24.6 Å². The normalized spacial score (nSPS) is 10.3. The number of pyridine rings is 1. The highest BCUT2D eigenvalue weighted by atomic mass is 79.9. The molecule has 2 aromatic rings. The smallest absolute Gasteiger partial charge is 0.220 e. The molecule has 0 spiro atoms. The van der Waals surface area contributed by atoms with Crippen LogP contribution >= 0.6 is 27.5 Å². The number of aryl methyl sites for hydroxylation is 1. The first kappa shape index (κ1) is 12.4. The van der Waals surface area contributed by atoms with E-state index in [1.807, 2.05) is 36.4 Å². The molecule has 0 amide bonds. The van der Waals surface area contributed by atoms with Gasteiger partial charge in [0.15, 0.2) is 0 Å². The number of rotatable bonds is 3. The van der Waals surface area contributed by atoms with Crippen LogP contribution in [-0.2, 0) is 6.42 Å². The summed E-state index contributed by atoms with van der Waals surface area (Å²) in [6.45, 7) is 2.06. The van der Waals surface area contributed by atoms with Crippen LogP contribution in [0.1, 0.15) is 12.5 Å². The van der Waals surface area contributed by atoms with Crippen molar-refractivity contribution in [3.8, 4) is 11.6 Å². The molecule has 0 aliphatic rings. The molecule has 0 aliphatic heterocycles. The molecule has 0 radical (unpaired) electrons. The Morgan fingerprint density at radius 1 is 1.29 bits per heavy atom. The molecule has 1 aromatic carbocycles. The van der Waals surface area contributed by atoms with E-state index in [-0.39, 0.29) is 0 Å². The second-order valence-electron chi connectivity index (χ2n) is 3.51. The van der Waals surface area contributed by atoms with E-state index in [4.69, 9.17) is 16.3 Å². The van der Waals surface area contributed by atoms with E-state index in [1.165, 1.54) is 0 Å². The minimum Gasteiger partial charge on any atom is -0.439 e. The Morgan fingerprint density at radius 3 is 2.82 bits per heavy atom. The van der Waals surface area contributed by atoms with Gasteiger partial charge in [-0.15, -0.1) is 0 Å². The van der Waals surface area contributed by atoms with Crippen LogP contribution < -0.4 is 4.74 Å². The largest absolute Gasteiger partial charge is 0.439 e. The van der Waals surface area contributed by atoms with Crippen molar-refractivity contribution in [2.45, 2.75) is 13.3 Å². The molecule has 0 unspecified atom stereocenters. The lowest BCUT2D eigenvalue weighted by Crippen LogP contribution is -1.90. The predicted octanol–water partition coefficient (Wildman–Crippen LogP) is 4.85. The molecule has 2 nitrogen and oxygen atoms in total. The number of hydrogen-bond acceptors (Lipinski definition) is 2. The Hall–Kier alpha value is -1.06. The van der Waals surface area contributed by atoms with Crippen LogP contribution in [0.2, 0.25) is 5.02 Å². The molecule has 1 aromatic heterocycles. The fraction of sp³-hybridized carbons (Fsp3) is 0.154. The molecule has 0 aliphatic carbocycles. The summed E-state index contributed by atoms with van der Waals surface area (Å²) < 4.78 is 6.41. The van der Waals surface area contributed by atoms with Crippen molar-refractivity contribution in [2.24, 2.45) is 0 Å². The van der Waals surface area contributed by atoms with Crippen LogP contribution in [0.25, 0.3) is 0 Å². The Bertz CT molecular complexity index is 531. The lowest BCUT2D eigenvalue weighted by atomic mass is 10.1. The molecule has 0 fully saturated rings. The average molecular weight is 313 g/mol. The van der Waals surface area contributed by atoms with Crippen molar-refractivity contribution in [2.75, 3.05) is 0 Å². The summed E-state index contributed by atoms with van der Waals surface area (Å²) in [5.41, 5.74) is 1.07. The van der Waals surface area contributed by atoms with Crippen molar-refractivity contribution in [1.82, 2.24) is 4.98 Å². The Kier molecular flexibility index (Phi) is 4.02. The molecule has 4 heteroatoms. The van der Waals surface area contributed by atoms with Gasteiger partial charge in [-0.05, 0) is 52.2 Å². The SMILES string of the molecule is CCc1cc(Oc2cccc(Br)n2)ccc1Cl. The monoisotopic (exact) mass is 311 g/mol. The van der Waals surface area contributed by atoms with Gasteiger partial charge in [0.2, 0.25) is 5.88 Å². The third kappa shape index (κ3) is 3.20. The van der Waals surface area contributed by atoms with E-state index in [9.17, 15) is 0 Å². The van der Waals surface area contributed by atoms with Gasteiger partial charge in [0, 0.05) is 11.1 Å². The van der Waals surface area contributed by atoms with Gasteiger partial charge in [0.25, 0.3) is 0 Å². The Labute approximate surface area is 114 Å². The van der Waals surface area contributed by atoms with Gasteiger partial charge in [-0.25, -0.2) is 4.98 Å². The van der Waals surface area contributed by atoms with Gasteiger partial charge in [-0.2, -0.15) is 0 Å². The number of halogens is 2. The Balaban J connectivity index is 2.24. The number of ether oxygens (including phenoxy) is 1. The van der Waals surface area contributed by atoms with Crippen LogP contribution in [0.4, 0.5) is 0 Å². The lowest BCUT2D eigenvalue weighted by Gasteiger charge is -2.07. The van der Waals surface area contributed by atoms with Gasteiger partial charge >= 0.3 is 0 Å². The van der Waals surface area contributed by atoms with Gasteiger partial charge in [-0.3, -0.25) is 0 Å². The zero-order chi connectivity index (χ0) is 12.3. The van der Waals surface area contributed by atoms with E-state index in [0.717, 1.165) is 27.4 Å². The maximum Gasteiger partial charge on any atom is 0.220 e. The standard InChI is InChI=1S/C13H11BrClNO/c1-2-9-8-10(6-7-11(9)15)17-13-5-3-4-12(14)16-13/h3-8H,2H2,1H3. The zero-order valence-electron chi connectivity index (χ0n) is 9.28. The van der Waals surface area contributed by atoms with Crippen molar-refractivity contribution in [3.05, 3.63) is 51.6 Å². The van der Waals surface area contributed by atoms with Crippen molar-refractivity contribution in [1.29, 1.82) is 0 Å². The third-order valence-electron chi connectivity index (χ3n) is 2.31. The molecule has 2 rings (SSSR count). The summed E-state index contributed by atoms with van der Waals surface area (Å²) in [4.78, 5) is 4.21. The summed E-state index contributed by atoms with van der Waals surface area (Å²) in [6.07, 6.45) is 0.877. The summed E-state index contributed by atoms with van der Waals surface area (Å²) in [6, 6.07) is 11.2. The topological polar surface area (TPSA) is 22.1 Å². The molecular formula is C13H11BrClNO. The van der Waals surface area contributed by atoms with Crippen LogP contribution in [0, 0.1) is 0 Å². The molecule has 0 N–H and O–H groups in total. The lowest BCUT2D eigenvalue weighted by molar-refractivity contribution is 0.461. The highest BCUT2D eigenvalue weighted by Gasteiger charge is 2.03. The number of nitrogens with zero attached hydrogens (tertiary/aromatic N) is 1. The fourth-order valence-corrected chi connectivity index (χ4v) is 2.03. The van der Waals surface area contributed by atoms with Gasteiger partial charge < -0.3 is 4.74 Å². The highest BCUT2D eigenvalue weighted by molar-refractivity contribution is 9.10. The van der Waals surface area contributed by atoms with E-state index in [0.29, 0.717) is 5.88 Å². The maximum absolute atomic E-state index is 6.05. The van der Waals surface area contributed by atoms with Crippen LogP contribution in [-0.4, -0.2) is 4.98 Å². The first-order valence-corrected chi connectivity index (χ1v) is 6.45. The molecule has 0 saturated heterocycles. The van der Waals surface area contributed by atoms with Crippen LogP contribution in [0.3, 0.4) is 0 Å². The number of benzene rings is 1. The van der Waals surface area contributed by atoms with Crippen molar-refractivity contribution in [3.63, 3.8) is 0 Å². The number of hydrogen-bond donors (Lipinski definition) is 0. The van der Waals surface area contributed by atoms with E-state index in [2.05, 4.69) is 27.8 Å². The summed E-state index contributed by atoms with van der Waals surface area (Å²) >= 11 is 9.35. The molecule has 1 heterocycles. The Morgan fingerprint density at radius 2 is 2.12 bits per heavy atom. The summed E-state index contributed by atoms with van der Waals surface area (Å²) in [7, 11) is 0. The van der Waals surface area contributed by atoms with Crippen LogP contribution in [0.5, 0.6) is 11.6 Å². The minimum atomic E-state index is 0.559. The van der Waals surface area contributed by atoms with Gasteiger partial charge in [0.05, 0.1) is 0 Å². The van der Waals surface area contributed by atoms with Crippen molar-refractivity contribution < 1.29 is 4.74 Å². The molecule has 0 saturated carbocycles. The van der Waals surface area contributed by atoms with E-state index < -0.39 is 0 Å². The molecule has 0 atom stereocenters. The fourth-order valence-electron chi connectivity index (χ4n) is 1.45. The first-order chi connectivity index (χ1) is 8.19. The third-order valence-corrected chi connectivity index (χ3v) is 3.12. The summed E-state index contributed by atoms with van der Waals surface area (Å²) in [5, 5.41) is 0.766. The van der Waals surface area contributed by atoms with Gasteiger partial charge in [0.1, 0.15) is 10.4 Å². The molecule has 0 bridgehead atoms. The average Bonchev–Trinajstić information content (AvgIpc) is 2.32. The second kappa shape index (κ2) is 5.52. The van der Waals surface area contributed by atoms with Crippen molar-refractivity contribution >= 4 is 27.5 Å². The second-order valence-corrected chi connectivity index (χ2v) is 4.73. The maximum atomic E-state index is 6.05. The highest BCUT2D eigenvalue weighted by Crippen LogP contribution is 2.26.